The van der Waals surface area contributed by atoms with Crippen LogP contribution in [0, 0.1) is 10.1 Å². The first-order chi connectivity index (χ1) is 9.49. The zero-order chi connectivity index (χ0) is 14.7. The number of nitrogens with zero attached hydrogens (tertiary/aromatic N) is 2. The lowest BCUT2D eigenvalue weighted by molar-refractivity contribution is -0.384. The van der Waals surface area contributed by atoms with Gasteiger partial charge in [-0.15, -0.1) is 0 Å². The maximum atomic E-state index is 11.4. The van der Waals surface area contributed by atoms with E-state index in [0.717, 1.165) is 0 Å². The minimum atomic E-state index is -0.531. The van der Waals surface area contributed by atoms with Gasteiger partial charge in [0.15, 0.2) is 0 Å². The molecule has 1 aromatic rings. The van der Waals surface area contributed by atoms with Gasteiger partial charge < -0.3 is 10.5 Å². The number of amides is 1. The van der Waals surface area contributed by atoms with Gasteiger partial charge in [-0.05, 0) is 11.6 Å². The molecule has 0 aromatic heterocycles. The molecular weight excluding hydrogens is 286 g/mol. The average Bonchev–Trinajstić information content (AvgIpc) is 2.41. The van der Waals surface area contributed by atoms with E-state index in [4.69, 9.17) is 22.1 Å². The number of nitro benzene ring substituents is 1. The van der Waals surface area contributed by atoms with Crippen molar-refractivity contribution in [3.8, 4) is 0 Å². The van der Waals surface area contributed by atoms with E-state index in [-0.39, 0.29) is 17.3 Å². The highest BCUT2D eigenvalue weighted by Crippen LogP contribution is 2.26. The van der Waals surface area contributed by atoms with Crippen LogP contribution in [0.15, 0.2) is 18.2 Å². The second-order valence-electron chi connectivity index (χ2n) is 4.51. The summed E-state index contributed by atoms with van der Waals surface area (Å²) < 4.78 is 5.22. The molecule has 0 radical (unpaired) electrons. The molecule has 1 aliphatic rings. The van der Waals surface area contributed by atoms with Crippen LogP contribution in [0.1, 0.15) is 5.56 Å². The molecule has 1 aliphatic heterocycles. The molecule has 7 nitrogen and oxygen atoms in total. The maximum absolute atomic E-state index is 11.4. The Morgan fingerprint density at radius 3 is 3.00 bits per heavy atom. The second-order valence-corrected chi connectivity index (χ2v) is 4.91. The van der Waals surface area contributed by atoms with Crippen molar-refractivity contribution in [3.63, 3.8) is 0 Å². The monoisotopic (exact) mass is 299 g/mol. The number of carbonyl (C=O) groups is 1. The van der Waals surface area contributed by atoms with Crippen LogP contribution < -0.4 is 5.73 Å². The number of carbonyl (C=O) groups excluding carboxylic acids is 1. The fourth-order valence-electron chi connectivity index (χ4n) is 2.12. The number of benzene rings is 1. The SMILES string of the molecule is NC(=O)C1COCCN1Cc1ccc(Cl)c([N+](=O)[O-])c1. The van der Waals surface area contributed by atoms with Crippen LogP contribution in [0.5, 0.6) is 0 Å². The smallest absolute Gasteiger partial charge is 0.288 e. The van der Waals surface area contributed by atoms with Crippen LogP contribution in [0.4, 0.5) is 5.69 Å². The van der Waals surface area contributed by atoms with E-state index < -0.39 is 16.9 Å². The number of nitrogens with two attached hydrogens (primary N) is 1. The molecule has 0 aliphatic carbocycles. The van der Waals surface area contributed by atoms with Gasteiger partial charge in [0.25, 0.3) is 5.69 Å². The third kappa shape index (κ3) is 3.24. The van der Waals surface area contributed by atoms with Gasteiger partial charge >= 0.3 is 0 Å². The zero-order valence-corrected chi connectivity index (χ0v) is 11.4. The highest BCUT2D eigenvalue weighted by Gasteiger charge is 2.28. The molecule has 1 atom stereocenters. The number of morpholine rings is 1. The van der Waals surface area contributed by atoms with Crippen LogP contribution in [0.25, 0.3) is 0 Å². The molecular formula is C12H14ClN3O4. The molecule has 20 heavy (non-hydrogen) atoms. The summed E-state index contributed by atoms with van der Waals surface area (Å²) in [5.41, 5.74) is 5.88. The van der Waals surface area contributed by atoms with Crippen molar-refractivity contribution in [3.05, 3.63) is 38.9 Å². The van der Waals surface area contributed by atoms with Crippen LogP contribution in [0.2, 0.25) is 5.02 Å². The summed E-state index contributed by atoms with van der Waals surface area (Å²) in [7, 11) is 0. The maximum Gasteiger partial charge on any atom is 0.288 e. The highest BCUT2D eigenvalue weighted by atomic mass is 35.5. The molecule has 1 unspecified atom stereocenters. The minimum Gasteiger partial charge on any atom is -0.378 e. The van der Waals surface area contributed by atoms with E-state index in [1.807, 2.05) is 4.90 Å². The van der Waals surface area contributed by atoms with Gasteiger partial charge in [-0.2, -0.15) is 0 Å². The van der Waals surface area contributed by atoms with Crippen LogP contribution in [-0.4, -0.2) is 41.5 Å². The van der Waals surface area contributed by atoms with Crippen molar-refractivity contribution in [2.45, 2.75) is 12.6 Å². The summed E-state index contributed by atoms with van der Waals surface area (Å²) in [6, 6.07) is 4.08. The molecule has 1 aromatic carbocycles. The van der Waals surface area contributed by atoms with Crippen molar-refractivity contribution in [1.29, 1.82) is 0 Å². The Kier molecular flexibility index (Phi) is 4.53. The second kappa shape index (κ2) is 6.17. The van der Waals surface area contributed by atoms with Crippen molar-refractivity contribution < 1.29 is 14.5 Å². The largest absolute Gasteiger partial charge is 0.378 e. The third-order valence-electron chi connectivity index (χ3n) is 3.16. The lowest BCUT2D eigenvalue weighted by Gasteiger charge is -2.33. The number of rotatable bonds is 4. The topological polar surface area (TPSA) is 98.7 Å². The standard InChI is InChI=1S/C12H14ClN3O4/c13-9-2-1-8(5-10(9)16(18)19)6-15-3-4-20-7-11(15)12(14)17/h1-2,5,11H,3-4,6-7H2,(H2,14,17). The molecule has 2 rings (SSSR count). The molecule has 1 saturated heterocycles. The molecule has 8 heteroatoms. The molecule has 0 saturated carbocycles. The Bertz CT molecular complexity index is 537. The molecule has 0 bridgehead atoms. The van der Waals surface area contributed by atoms with E-state index in [9.17, 15) is 14.9 Å². The molecule has 1 fully saturated rings. The first kappa shape index (κ1) is 14.7. The lowest BCUT2D eigenvalue weighted by Crippen LogP contribution is -2.51. The van der Waals surface area contributed by atoms with Crippen molar-refractivity contribution in [2.75, 3.05) is 19.8 Å². The fraction of sp³-hybridized carbons (Fsp3) is 0.417. The van der Waals surface area contributed by atoms with E-state index >= 15 is 0 Å². The van der Waals surface area contributed by atoms with Gasteiger partial charge in [0, 0.05) is 19.2 Å². The van der Waals surface area contributed by atoms with Crippen molar-refractivity contribution in [1.82, 2.24) is 4.90 Å². The number of primary amides is 1. The van der Waals surface area contributed by atoms with Crippen molar-refractivity contribution >= 4 is 23.2 Å². The van der Waals surface area contributed by atoms with Gasteiger partial charge in [-0.1, -0.05) is 17.7 Å². The summed E-state index contributed by atoms with van der Waals surface area (Å²) in [5, 5.41) is 10.9. The van der Waals surface area contributed by atoms with Crippen molar-refractivity contribution in [2.24, 2.45) is 5.73 Å². The molecule has 108 valence electrons. The van der Waals surface area contributed by atoms with E-state index in [2.05, 4.69) is 0 Å². The molecule has 1 heterocycles. The Morgan fingerprint density at radius 2 is 2.35 bits per heavy atom. The normalized spacial score (nSPS) is 19.8. The van der Waals surface area contributed by atoms with Crippen LogP contribution >= 0.6 is 11.6 Å². The van der Waals surface area contributed by atoms with Crippen LogP contribution in [-0.2, 0) is 16.1 Å². The number of ether oxygens (including phenoxy) is 1. The van der Waals surface area contributed by atoms with Gasteiger partial charge in [0.2, 0.25) is 5.91 Å². The number of nitro groups is 1. The van der Waals surface area contributed by atoms with Gasteiger partial charge in [0.1, 0.15) is 11.1 Å². The Balaban J connectivity index is 2.18. The van der Waals surface area contributed by atoms with Gasteiger partial charge in [0.05, 0.1) is 18.1 Å². The van der Waals surface area contributed by atoms with E-state index in [1.165, 1.54) is 12.1 Å². The first-order valence-electron chi connectivity index (χ1n) is 6.03. The molecule has 0 spiro atoms. The highest BCUT2D eigenvalue weighted by molar-refractivity contribution is 6.32. The zero-order valence-electron chi connectivity index (χ0n) is 10.6. The Labute approximate surface area is 120 Å². The number of hydrogen-bond acceptors (Lipinski definition) is 5. The first-order valence-corrected chi connectivity index (χ1v) is 6.41. The summed E-state index contributed by atoms with van der Waals surface area (Å²) in [5.74, 6) is -0.465. The van der Waals surface area contributed by atoms with E-state index in [0.29, 0.717) is 25.3 Å². The predicted molar refractivity (Wildman–Crippen MR) is 72.3 cm³/mol. The summed E-state index contributed by atoms with van der Waals surface area (Å²) in [4.78, 5) is 23.5. The third-order valence-corrected chi connectivity index (χ3v) is 3.48. The predicted octanol–water partition coefficient (Wildman–Crippen LogP) is 0.934. The Hall–Kier alpha value is -1.70. The summed E-state index contributed by atoms with van der Waals surface area (Å²) >= 11 is 5.76. The fourth-order valence-corrected chi connectivity index (χ4v) is 2.31. The average molecular weight is 300 g/mol. The summed E-state index contributed by atoms with van der Waals surface area (Å²) in [6.07, 6.45) is 0. The van der Waals surface area contributed by atoms with Gasteiger partial charge in [-0.3, -0.25) is 19.8 Å². The van der Waals surface area contributed by atoms with Gasteiger partial charge in [-0.25, -0.2) is 0 Å². The number of halogens is 1. The summed E-state index contributed by atoms with van der Waals surface area (Å²) in [6.45, 7) is 1.67. The van der Waals surface area contributed by atoms with Crippen LogP contribution in [0.3, 0.4) is 0 Å². The number of hydrogen-bond donors (Lipinski definition) is 1. The molecule has 2 N–H and O–H groups in total. The quantitative estimate of drug-likeness (QED) is 0.659. The van der Waals surface area contributed by atoms with E-state index in [1.54, 1.807) is 6.07 Å². The Morgan fingerprint density at radius 1 is 1.60 bits per heavy atom. The molecule has 1 amide bonds. The minimum absolute atomic E-state index is 0.0900. The lowest BCUT2D eigenvalue weighted by atomic mass is 10.1.